The highest BCUT2D eigenvalue weighted by Crippen LogP contribution is 2.10. The number of ether oxygens (including phenoxy) is 1. The van der Waals surface area contributed by atoms with E-state index in [0.29, 0.717) is 19.5 Å². The summed E-state index contributed by atoms with van der Waals surface area (Å²) in [6.07, 6.45) is -1.36. The zero-order chi connectivity index (χ0) is 12.0. The summed E-state index contributed by atoms with van der Waals surface area (Å²) in [5.41, 5.74) is 0. The molecule has 1 fully saturated rings. The first-order valence-corrected chi connectivity index (χ1v) is 5.41. The Balaban J connectivity index is 2.14. The van der Waals surface area contributed by atoms with Crippen molar-refractivity contribution >= 4 is 5.91 Å². The van der Waals surface area contributed by atoms with Gasteiger partial charge in [0.25, 0.3) is 6.43 Å². The molecule has 0 bridgehead atoms. The van der Waals surface area contributed by atoms with E-state index in [9.17, 15) is 18.7 Å². The van der Waals surface area contributed by atoms with Gasteiger partial charge in [0, 0.05) is 13.1 Å². The highest BCUT2D eigenvalue weighted by molar-refractivity contribution is 5.76. The molecule has 0 aromatic carbocycles. The average molecular weight is 237 g/mol. The van der Waals surface area contributed by atoms with Gasteiger partial charge in [0.1, 0.15) is 6.61 Å². The summed E-state index contributed by atoms with van der Waals surface area (Å²) < 4.78 is 28.0. The third kappa shape index (κ3) is 4.85. The molecule has 1 heterocycles. The highest BCUT2D eigenvalue weighted by Gasteiger charge is 2.21. The van der Waals surface area contributed by atoms with Gasteiger partial charge < -0.3 is 14.7 Å². The normalized spacial score (nSPS) is 21.5. The van der Waals surface area contributed by atoms with Gasteiger partial charge in [0.05, 0.1) is 19.1 Å². The van der Waals surface area contributed by atoms with Crippen LogP contribution < -0.4 is 0 Å². The maximum Gasteiger partial charge on any atom is 0.261 e. The van der Waals surface area contributed by atoms with Crippen LogP contribution in [0.4, 0.5) is 8.78 Å². The Morgan fingerprint density at radius 3 is 2.94 bits per heavy atom. The van der Waals surface area contributed by atoms with E-state index in [1.54, 1.807) is 4.90 Å². The number of likely N-dealkylation sites (tertiary alicyclic amines) is 1. The van der Waals surface area contributed by atoms with Crippen molar-refractivity contribution in [3.8, 4) is 0 Å². The lowest BCUT2D eigenvalue weighted by molar-refractivity contribution is -0.135. The van der Waals surface area contributed by atoms with Crippen LogP contribution in [-0.2, 0) is 9.53 Å². The minimum absolute atomic E-state index is 0.00969. The molecular weight excluding hydrogens is 220 g/mol. The van der Waals surface area contributed by atoms with E-state index in [-0.39, 0.29) is 18.9 Å². The molecule has 0 spiro atoms. The van der Waals surface area contributed by atoms with Crippen molar-refractivity contribution in [3.05, 3.63) is 0 Å². The van der Waals surface area contributed by atoms with Gasteiger partial charge in [0.2, 0.25) is 5.91 Å². The van der Waals surface area contributed by atoms with E-state index in [1.807, 2.05) is 0 Å². The number of aliphatic hydroxyl groups excluding tert-OH is 1. The summed E-state index contributed by atoms with van der Waals surface area (Å²) in [6, 6.07) is 0. The van der Waals surface area contributed by atoms with Crippen LogP contribution in [0.3, 0.4) is 0 Å². The average Bonchev–Trinajstić information content (AvgIpc) is 2.24. The molecule has 0 aromatic rings. The molecule has 1 aliphatic rings. The number of nitrogens with zero attached hydrogens (tertiary/aromatic N) is 1. The largest absolute Gasteiger partial charge is 0.391 e. The van der Waals surface area contributed by atoms with Gasteiger partial charge in [-0.1, -0.05) is 0 Å². The molecule has 0 radical (unpaired) electrons. The number of amides is 1. The third-order valence-electron chi connectivity index (χ3n) is 2.45. The molecule has 16 heavy (non-hydrogen) atoms. The molecule has 4 nitrogen and oxygen atoms in total. The Kier molecular flexibility index (Phi) is 5.62. The summed E-state index contributed by atoms with van der Waals surface area (Å²) in [5.74, 6) is -0.145. The Labute approximate surface area is 93.2 Å². The quantitative estimate of drug-likeness (QED) is 0.714. The molecule has 0 aromatic heterocycles. The summed E-state index contributed by atoms with van der Waals surface area (Å²) in [6.45, 7) is 0.351. The van der Waals surface area contributed by atoms with Crippen molar-refractivity contribution in [1.29, 1.82) is 0 Å². The monoisotopic (exact) mass is 237 g/mol. The van der Waals surface area contributed by atoms with E-state index < -0.39 is 19.1 Å². The van der Waals surface area contributed by atoms with Crippen molar-refractivity contribution in [1.82, 2.24) is 4.90 Å². The first kappa shape index (κ1) is 13.3. The smallest absolute Gasteiger partial charge is 0.261 e. The van der Waals surface area contributed by atoms with Crippen LogP contribution in [-0.4, -0.2) is 54.7 Å². The van der Waals surface area contributed by atoms with E-state index in [4.69, 9.17) is 0 Å². The molecule has 0 aliphatic carbocycles. The number of alkyl halides is 2. The van der Waals surface area contributed by atoms with E-state index >= 15 is 0 Å². The molecule has 1 saturated heterocycles. The minimum atomic E-state index is -2.49. The first-order chi connectivity index (χ1) is 7.59. The van der Waals surface area contributed by atoms with Gasteiger partial charge in [0.15, 0.2) is 0 Å². The first-order valence-electron chi connectivity index (χ1n) is 5.41. The van der Waals surface area contributed by atoms with Crippen LogP contribution in [0.15, 0.2) is 0 Å². The molecule has 94 valence electrons. The Morgan fingerprint density at radius 1 is 1.56 bits per heavy atom. The fraction of sp³-hybridized carbons (Fsp3) is 0.900. The molecule has 1 unspecified atom stereocenters. The number of rotatable bonds is 5. The van der Waals surface area contributed by atoms with E-state index in [1.165, 1.54) is 0 Å². The molecule has 1 amide bonds. The lowest BCUT2D eigenvalue weighted by Gasteiger charge is -2.30. The predicted molar refractivity (Wildman–Crippen MR) is 53.3 cm³/mol. The molecule has 1 aliphatic heterocycles. The fourth-order valence-corrected chi connectivity index (χ4v) is 1.67. The molecule has 1 atom stereocenters. The number of hydrogen-bond donors (Lipinski definition) is 1. The van der Waals surface area contributed by atoms with Crippen molar-refractivity contribution in [2.75, 3.05) is 26.3 Å². The number of β-amino-alcohol motifs (C(OH)–C–C–N with tert-alkyl or cyclic N) is 1. The minimum Gasteiger partial charge on any atom is -0.391 e. The van der Waals surface area contributed by atoms with Crippen LogP contribution >= 0.6 is 0 Å². The SMILES string of the molecule is O=C(CCOCC(F)F)N1CCCC(O)C1. The van der Waals surface area contributed by atoms with Gasteiger partial charge in [-0.05, 0) is 12.8 Å². The van der Waals surface area contributed by atoms with Crippen LogP contribution in [0.25, 0.3) is 0 Å². The van der Waals surface area contributed by atoms with Crippen LogP contribution in [0, 0.1) is 0 Å². The second-order valence-corrected chi connectivity index (χ2v) is 3.85. The van der Waals surface area contributed by atoms with Gasteiger partial charge in [-0.25, -0.2) is 8.78 Å². The summed E-state index contributed by atoms with van der Waals surface area (Å²) in [7, 11) is 0. The lowest BCUT2D eigenvalue weighted by atomic mass is 10.1. The van der Waals surface area contributed by atoms with Gasteiger partial charge in [-0.15, -0.1) is 0 Å². The van der Waals surface area contributed by atoms with Gasteiger partial charge in [-0.2, -0.15) is 0 Å². The Bertz CT molecular complexity index is 226. The maximum absolute atomic E-state index is 11.7. The van der Waals surface area contributed by atoms with Crippen LogP contribution in [0.1, 0.15) is 19.3 Å². The summed E-state index contributed by atoms with van der Waals surface area (Å²) in [4.78, 5) is 13.1. The van der Waals surface area contributed by atoms with Crippen molar-refractivity contribution in [2.24, 2.45) is 0 Å². The zero-order valence-corrected chi connectivity index (χ0v) is 9.07. The lowest BCUT2D eigenvalue weighted by Crippen LogP contribution is -2.42. The van der Waals surface area contributed by atoms with E-state index in [2.05, 4.69) is 4.74 Å². The number of piperidine rings is 1. The molecule has 1 rings (SSSR count). The number of carbonyl (C=O) groups is 1. The van der Waals surface area contributed by atoms with Gasteiger partial charge >= 0.3 is 0 Å². The van der Waals surface area contributed by atoms with Crippen molar-refractivity contribution in [2.45, 2.75) is 31.8 Å². The molecule has 6 heteroatoms. The second-order valence-electron chi connectivity index (χ2n) is 3.85. The third-order valence-corrected chi connectivity index (χ3v) is 2.45. The molecule has 0 saturated carbocycles. The predicted octanol–water partition coefficient (Wildman–Crippen LogP) is 0.641. The van der Waals surface area contributed by atoms with Crippen molar-refractivity contribution in [3.63, 3.8) is 0 Å². The number of halogens is 2. The van der Waals surface area contributed by atoms with E-state index in [0.717, 1.165) is 6.42 Å². The number of aliphatic hydroxyl groups is 1. The second kappa shape index (κ2) is 6.75. The maximum atomic E-state index is 11.7. The summed E-state index contributed by atoms with van der Waals surface area (Å²) in [5, 5.41) is 9.35. The van der Waals surface area contributed by atoms with Crippen molar-refractivity contribution < 1.29 is 23.4 Å². The number of hydrogen-bond acceptors (Lipinski definition) is 3. The molecular formula is C10H17F2NO3. The van der Waals surface area contributed by atoms with Crippen LogP contribution in [0.2, 0.25) is 0 Å². The Morgan fingerprint density at radius 2 is 2.31 bits per heavy atom. The number of carbonyl (C=O) groups excluding carboxylic acids is 1. The van der Waals surface area contributed by atoms with Gasteiger partial charge in [-0.3, -0.25) is 4.79 Å². The fourth-order valence-electron chi connectivity index (χ4n) is 1.67. The zero-order valence-electron chi connectivity index (χ0n) is 9.07. The molecule has 1 N–H and O–H groups in total. The Hall–Kier alpha value is -0.750. The summed E-state index contributed by atoms with van der Waals surface area (Å²) >= 11 is 0. The van der Waals surface area contributed by atoms with Crippen LogP contribution in [0.5, 0.6) is 0 Å². The standard InChI is InChI=1S/C10H17F2NO3/c11-9(12)7-16-5-3-10(15)13-4-1-2-8(14)6-13/h8-9,14H,1-7H2. The topological polar surface area (TPSA) is 49.8 Å². The highest BCUT2D eigenvalue weighted by atomic mass is 19.3.